The number of carbonyl (C=O) groups is 1. The van der Waals surface area contributed by atoms with E-state index in [2.05, 4.69) is 0 Å². The van der Waals surface area contributed by atoms with Crippen LogP contribution in [0.5, 0.6) is 0 Å². The van der Waals surface area contributed by atoms with Gasteiger partial charge in [-0.05, 0) is 0 Å². The molecule has 0 amide bonds. The zero-order chi connectivity index (χ0) is 8.32. The number of ether oxygens (including phenoxy) is 1. The van der Waals surface area contributed by atoms with Gasteiger partial charge in [-0.3, -0.25) is 0 Å². The van der Waals surface area contributed by atoms with Crippen molar-refractivity contribution in [2.75, 3.05) is 6.61 Å². The predicted octanol–water partition coefficient (Wildman–Crippen LogP) is 1.00. The summed E-state index contributed by atoms with van der Waals surface area (Å²) in [7, 11) is 0. The van der Waals surface area contributed by atoms with Crippen LogP contribution >= 0.6 is 0 Å². The van der Waals surface area contributed by atoms with Gasteiger partial charge in [-0.1, -0.05) is 0 Å². The molecule has 11 heavy (non-hydrogen) atoms. The molecule has 0 fully saturated rings. The predicted molar refractivity (Wildman–Crippen MR) is 43.4 cm³/mol. The fourth-order valence-corrected chi connectivity index (χ4v) is 2.07. The Morgan fingerprint density at radius 3 is 2.55 bits per heavy atom. The van der Waals surface area contributed by atoms with E-state index in [0.29, 0.717) is 32.4 Å². The number of carbonyl (C=O) groups excluding carboxylic acids is 1. The summed E-state index contributed by atoms with van der Waals surface area (Å²) < 4.78 is 4.58. The third-order valence-electron chi connectivity index (χ3n) is 1.48. The molecule has 0 bridgehead atoms. The minimum absolute atomic E-state index is 0.102. The standard InChI is InChI=1S/C8H9O2.Tl/c1-2-10-8(9)7-5-3-4-6-7;/h3-6H,2H2,1H3;. The summed E-state index contributed by atoms with van der Waals surface area (Å²) in [6, 6.07) is 0. The molecule has 56 valence electrons. The first-order chi connectivity index (χ1) is 5.19. The SMILES string of the molecule is CCOC(=O)[C]1([Tl])C=CC=C1. The molecule has 3 heteroatoms. The molecule has 1 rings (SSSR count). The zero-order valence-corrected chi connectivity index (χ0v) is 10.9. The van der Waals surface area contributed by atoms with E-state index in [1.54, 1.807) is 0 Å². The van der Waals surface area contributed by atoms with Crippen LogP contribution in [-0.4, -0.2) is 38.3 Å². The number of hydrogen-bond acceptors (Lipinski definition) is 2. The van der Waals surface area contributed by atoms with Crippen LogP contribution in [0, 0.1) is 0 Å². The van der Waals surface area contributed by atoms with Crippen LogP contribution in [0.4, 0.5) is 0 Å². The Morgan fingerprint density at radius 1 is 1.55 bits per heavy atom. The molecule has 0 N–H and O–H groups in total. The fraction of sp³-hybridized carbons (Fsp3) is 0.375. The van der Waals surface area contributed by atoms with E-state index >= 15 is 0 Å². The summed E-state index contributed by atoms with van der Waals surface area (Å²) in [6.45, 7) is 2.29. The molecule has 0 aliphatic heterocycles. The van der Waals surface area contributed by atoms with E-state index in [4.69, 9.17) is 4.74 Å². The third-order valence-corrected chi connectivity index (χ3v) is 3.90. The van der Waals surface area contributed by atoms with Gasteiger partial charge < -0.3 is 0 Å². The molecule has 0 saturated carbocycles. The molecule has 1 aliphatic rings. The van der Waals surface area contributed by atoms with E-state index in [-0.39, 0.29) is 8.94 Å². The minimum atomic E-state index is -0.351. The second kappa shape index (κ2) is 3.51. The number of rotatable bonds is 2. The van der Waals surface area contributed by atoms with Crippen molar-refractivity contribution in [1.82, 2.24) is 0 Å². The van der Waals surface area contributed by atoms with Crippen LogP contribution in [-0.2, 0) is 9.53 Å². The maximum atomic E-state index is 11.3. The average Bonchev–Trinajstić information content (AvgIpc) is 2.38. The third kappa shape index (κ3) is 1.92. The summed E-state index contributed by atoms with van der Waals surface area (Å²) in [5.41, 5.74) is 0. The molecule has 1 aliphatic carbocycles. The molecule has 0 radical (unpaired) electrons. The van der Waals surface area contributed by atoms with Crippen molar-refractivity contribution in [2.45, 2.75) is 9.90 Å². The summed E-state index contributed by atoms with van der Waals surface area (Å²) in [4.78, 5) is 11.3. The molecule has 0 aromatic heterocycles. The number of allylic oxidation sites excluding steroid dienone is 2. The van der Waals surface area contributed by atoms with Crippen LogP contribution in [0.1, 0.15) is 6.92 Å². The van der Waals surface area contributed by atoms with Crippen molar-refractivity contribution in [2.24, 2.45) is 0 Å². The van der Waals surface area contributed by atoms with Gasteiger partial charge in [-0.25, -0.2) is 0 Å². The first-order valence-corrected chi connectivity index (χ1v) is 5.76. The number of esters is 1. The zero-order valence-electron chi connectivity index (χ0n) is 6.41. The van der Waals surface area contributed by atoms with Gasteiger partial charge in [-0.15, -0.1) is 0 Å². The maximum absolute atomic E-state index is 11.3. The molecule has 2 nitrogen and oxygen atoms in total. The topological polar surface area (TPSA) is 26.3 Å². The van der Waals surface area contributed by atoms with E-state index in [1.807, 2.05) is 31.2 Å². The fourth-order valence-electron chi connectivity index (χ4n) is 0.877. The Hall–Kier alpha value is -0.128. The van der Waals surface area contributed by atoms with E-state index in [0.717, 1.165) is 0 Å². The Labute approximate surface area is 82.0 Å². The van der Waals surface area contributed by atoms with Gasteiger partial charge in [0.15, 0.2) is 0 Å². The molecule has 0 spiro atoms. The molecule has 0 saturated heterocycles. The van der Waals surface area contributed by atoms with E-state index in [1.165, 1.54) is 0 Å². The summed E-state index contributed by atoms with van der Waals surface area (Å²) in [5, 5.41) is 0. The quantitative estimate of drug-likeness (QED) is 0.553. The van der Waals surface area contributed by atoms with Crippen molar-refractivity contribution in [3.63, 3.8) is 0 Å². The van der Waals surface area contributed by atoms with E-state index in [9.17, 15) is 4.79 Å². The second-order valence-corrected chi connectivity index (χ2v) is 6.09. The normalized spacial score (nSPS) is 18.5. The second-order valence-electron chi connectivity index (χ2n) is 2.37. The van der Waals surface area contributed by atoms with Gasteiger partial charge in [0.05, 0.1) is 0 Å². The van der Waals surface area contributed by atoms with Gasteiger partial charge >= 0.3 is 82.1 Å². The van der Waals surface area contributed by atoms with E-state index < -0.39 is 0 Å². The molecule has 0 aromatic rings. The average molecular weight is 342 g/mol. The van der Waals surface area contributed by atoms with Crippen molar-refractivity contribution in [3.05, 3.63) is 24.3 Å². The van der Waals surface area contributed by atoms with Crippen LogP contribution in [0.15, 0.2) is 24.3 Å². The first kappa shape index (κ1) is 8.96. The van der Waals surface area contributed by atoms with Crippen LogP contribution in [0.25, 0.3) is 0 Å². The van der Waals surface area contributed by atoms with Crippen molar-refractivity contribution >= 4 is 31.7 Å². The van der Waals surface area contributed by atoms with Crippen LogP contribution in [0.2, 0.25) is 2.97 Å². The summed E-state index contributed by atoms with van der Waals surface area (Å²) in [6.07, 6.45) is 7.62. The monoisotopic (exact) mass is 342 g/mol. The van der Waals surface area contributed by atoms with Crippen molar-refractivity contribution < 1.29 is 9.53 Å². The van der Waals surface area contributed by atoms with Gasteiger partial charge in [0.1, 0.15) is 0 Å². The van der Waals surface area contributed by atoms with Crippen LogP contribution in [0.3, 0.4) is 0 Å². The Bertz CT molecular complexity index is 206. The molecular weight excluding hydrogens is 332 g/mol. The molecule has 0 aromatic carbocycles. The molecule has 0 heterocycles. The van der Waals surface area contributed by atoms with Gasteiger partial charge in [0, 0.05) is 0 Å². The number of hydrogen-bond donors (Lipinski definition) is 0. The van der Waals surface area contributed by atoms with Crippen molar-refractivity contribution in [3.8, 4) is 0 Å². The molecule has 0 unspecified atom stereocenters. The van der Waals surface area contributed by atoms with Crippen molar-refractivity contribution in [1.29, 1.82) is 0 Å². The van der Waals surface area contributed by atoms with Gasteiger partial charge in [-0.2, -0.15) is 0 Å². The van der Waals surface area contributed by atoms with Crippen LogP contribution < -0.4 is 0 Å². The van der Waals surface area contributed by atoms with Gasteiger partial charge in [0.2, 0.25) is 0 Å². The molecular formula is C8H9O2Tl. The molecule has 0 atom stereocenters. The summed E-state index contributed by atoms with van der Waals surface area (Å²) >= 11 is 0.571. The first-order valence-electron chi connectivity index (χ1n) is 3.52. The van der Waals surface area contributed by atoms with Gasteiger partial charge in [0.25, 0.3) is 0 Å². The Morgan fingerprint density at radius 2 is 2.09 bits per heavy atom. The summed E-state index contributed by atoms with van der Waals surface area (Å²) in [5.74, 6) is -0.102. The Balaban J connectivity index is 2.65. The Kier molecular flexibility index (Phi) is 2.86.